The lowest BCUT2D eigenvalue weighted by Gasteiger charge is -2.51. The number of hydrogen-bond acceptors (Lipinski definition) is 4. The van der Waals surface area contributed by atoms with Crippen molar-refractivity contribution >= 4 is 16.6 Å². The van der Waals surface area contributed by atoms with Crippen molar-refractivity contribution in [2.24, 2.45) is 13.0 Å². The number of aromatic nitrogens is 1. The van der Waals surface area contributed by atoms with Gasteiger partial charge in [-0.25, -0.2) is 0 Å². The Bertz CT molecular complexity index is 1440. The zero-order valence-electron chi connectivity index (χ0n) is 20.6. The van der Waals surface area contributed by atoms with Crippen LogP contribution in [0, 0.1) is 16.0 Å². The molecule has 1 aromatic heterocycles. The van der Waals surface area contributed by atoms with Gasteiger partial charge in [0.15, 0.2) is 0 Å². The molecule has 2 unspecified atom stereocenters. The highest BCUT2D eigenvalue weighted by atomic mass is 16.6. The van der Waals surface area contributed by atoms with Gasteiger partial charge in [0.05, 0.1) is 4.92 Å². The van der Waals surface area contributed by atoms with Crippen LogP contribution in [-0.4, -0.2) is 39.1 Å². The molecule has 184 valence electrons. The van der Waals surface area contributed by atoms with Crippen LogP contribution in [0.5, 0.6) is 5.75 Å². The topological polar surface area (TPSA) is 71.5 Å². The number of nitro groups is 1. The van der Waals surface area contributed by atoms with E-state index in [-0.39, 0.29) is 16.0 Å². The Morgan fingerprint density at radius 1 is 1.08 bits per heavy atom. The Morgan fingerprint density at radius 3 is 2.69 bits per heavy atom. The molecule has 4 aromatic rings. The smallest absolute Gasteiger partial charge is 0.270 e. The summed E-state index contributed by atoms with van der Waals surface area (Å²) >= 11 is 0. The number of phenols is 1. The van der Waals surface area contributed by atoms with Crippen molar-refractivity contribution in [2.45, 2.75) is 31.1 Å². The van der Waals surface area contributed by atoms with Gasteiger partial charge in [-0.05, 0) is 73.0 Å². The number of aryl methyl sites for hydroxylation is 1. The molecule has 2 aliphatic rings. The molecule has 0 spiro atoms. The van der Waals surface area contributed by atoms with Crippen LogP contribution in [0.1, 0.15) is 28.8 Å². The van der Waals surface area contributed by atoms with Crippen LogP contribution in [0.25, 0.3) is 10.9 Å². The second-order valence-corrected chi connectivity index (χ2v) is 10.5. The van der Waals surface area contributed by atoms with Crippen molar-refractivity contribution in [2.75, 3.05) is 19.6 Å². The van der Waals surface area contributed by atoms with Crippen LogP contribution in [-0.2, 0) is 31.7 Å². The third-order valence-corrected chi connectivity index (χ3v) is 8.68. The molecule has 0 bridgehead atoms. The number of non-ortho nitro benzene ring substituents is 1. The normalized spacial score (nSPS) is 21.8. The fourth-order valence-electron chi connectivity index (χ4n) is 6.74. The van der Waals surface area contributed by atoms with E-state index in [0.29, 0.717) is 11.7 Å². The molecule has 0 radical (unpaired) electrons. The van der Waals surface area contributed by atoms with Crippen LogP contribution in [0.15, 0.2) is 72.8 Å². The van der Waals surface area contributed by atoms with Gasteiger partial charge in [-0.15, -0.1) is 0 Å². The highest BCUT2D eigenvalue weighted by molar-refractivity contribution is 5.88. The van der Waals surface area contributed by atoms with Crippen LogP contribution in [0.2, 0.25) is 0 Å². The summed E-state index contributed by atoms with van der Waals surface area (Å²) in [6.45, 7) is 3.02. The summed E-state index contributed by atoms with van der Waals surface area (Å²) < 4.78 is 2.23. The molecule has 6 heteroatoms. The Kier molecular flexibility index (Phi) is 5.56. The highest BCUT2D eigenvalue weighted by Gasteiger charge is 2.48. The van der Waals surface area contributed by atoms with E-state index in [0.717, 1.165) is 56.2 Å². The first-order valence-electron chi connectivity index (χ1n) is 12.7. The van der Waals surface area contributed by atoms with E-state index in [1.807, 2.05) is 18.2 Å². The fraction of sp³-hybridized carbons (Fsp3) is 0.333. The molecular formula is C30H31N3O3. The van der Waals surface area contributed by atoms with E-state index < -0.39 is 0 Å². The summed E-state index contributed by atoms with van der Waals surface area (Å²) in [4.78, 5) is 13.8. The molecule has 1 aliphatic heterocycles. The van der Waals surface area contributed by atoms with Crippen LogP contribution < -0.4 is 0 Å². The minimum atomic E-state index is -0.301. The van der Waals surface area contributed by atoms with Crippen molar-refractivity contribution in [1.29, 1.82) is 0 Å². The largest absolute Gasteiger partial charge is 0.508 e. The first-order valence-corrected chi connectivity index (χ1v) is 12.7. The Balaban J connectivity index is 1.39. The van der Waals surface area contributed by atoms with Crippen LogP contribution >= 0.6 is 0 Å². The van der Waals surface area contributed by atoms with Crippen molar-refractivity contribution in [3.8, 4) is 5.75 Å². The quantitative estimate of drug-likeness (QED) is 0.306. The molecule has 1 fully saturated rings. The van der Waals surface area contributed by atoms with E-state index in [2.05, 4.69) is 52.9 Å². The van der Waals surface area contributed by atoms with E-state index >= 15 is 0 Å². The molecule has 1 N–H and O–H groups in total. The van der Waals surface area contributed by atoms with Gasteiger partial charge in [-0.2, -0.15) is 0 Å². The highest BCUT2D eigenvalue weighted by Crippen LogP contribution is 2.50. The molecule has 6 rings (SSSR count). The number of nitrogens with zero attached hydrogens (tertiary/aromatic N) is 3. The van der Waals surface area contributed by atoms with Crippen LogP contribution in [0.4, 0.5) is 5.69 Å². The molecular weight excluding hydrogens is 450 g/mol. The molecule has 36 heavy (non-hydrogen) atoms. The van der Waals surface area contributed by atoms with Gasteiger partial charge in [0.25, 0.3) is 5.69 Å². The zero-order valence-corrected chi connectivity index (χ0v) is 20.6. The number of rotatable bonds is 5. The number of benzene rings is 3. The average molecular weight is 482 g/mol. The monoisotopic (exact) mass is 481 g/mol. The summed E-state index contributed by atoms with van der Waals surface area (Å²) in [5.41, 5.74) is 6.21. The second kappa shape index (κ2) is 8.79. The standard InChI is InChI=1S/C30H31N3O3/c1-31-28-11-10-24(33(35)36)18-27(28)26-17-23-20-32(14-12-21-6-3-2-4-7-21)15-13-30(23,19-29(26)31)22-8-5-9-25(34)16-22/h2-11,16,18,23,34H,12-15,17,19-20H2,1H3. The van der Waals surface area contributed by atoms with Crippen molar-refractivity contribution in [1.82, 2.24) is 9.47 Å². The van der Waals surface area contributed by atoms with Gasteiger partial charge in [0.1, 0.15) is 5.75 Å². The lowest BCUT2D eigenvalue weighted by Crippen LogP contribution is -2.54. The number of phenolic OH excluding ortho intramolecular Hbond substituents is 1. The molecule has 2 atom stereocenters. The molecule has 6 nitrogen and oxygen atoms in total. The van der Waals surface area contributed by atoms with Gasteiger partial charge >= 0.3 is 0 Å². The van der Waals surface area contributed by atoms with E-state index in [1.165, 1.54) is 22.4 Å². The third-order valence-electron chi connectivity index (χ3n) is 8.68. The third kappa shape index (κ3) is 3.77. The summed E-state index contributed by atoms with van der Waals surface area (Å²) in [5.74, 6) is 0.673. The maximum atomic E-state index is 11.5. The molecule has 1 saturated heterocycles. The number of likely N-dealkylation sites (tertiary alicyclic amines) is 1. The van der Waals surface area contributed by atoms with E-state index in [1.54, 1.807) is 18.2 Å². The summed E-state index contributed by atoms with van der Waals surface area (Å²) in [6.07, 6.45) is 3.81. The predicted octanol–water partition coefficient (Wildman–Crippen LogP) is 5.39. The number of fused-ring (bicyclic) bond motifs is 4. The van der Waals surface area contributed by atoms with Crippen LogP contribution in [0.3, 0.4) is 0 Å². The van der Waals surface area contributed by atoms with Crippen molar-refractivity contribution < 1.29 is 10.0 Å². The van der Waals surface area contributed by atoms with Gasteiger partial charge in [-0.3, -0.25) is 10.1 Å². The van der Waals surface area contributed by atoms with E-state index in [4.69, 9.17) is 0 Å². The molecule has 3 aromatic carbocycles. The van der Waals surface area contributed by atoms with Gasteiger partial charge < -0.3 is 14.6 Å². The number of nitro benzene ring substituents is 1. The minimum absolute atomic E-state index is 0.0664. The molecule has 0 saturated carbocycles. The average Bonchev–Trinajstić information content (AvgIpc) is 3.16. The lowest BCUT2D eigenvalue weighted by molar-refractivity contribution is -0.384. The SMILES string of the molecule is Cn1c2c(c3cc([N+](=O)[O-])ccc31)CC1CN(CCc3ccccc3)CCC1(c1cccc(O)c1)C2. The molecule has 1 aliphatic carbocycles. The van der Waals surface area contributed by atoms with E-state index in [9.17, 15) is 15.2 Å². The Hall–Kier alpha value is -3.64. The number of hydrogen-bond donors (Lipinski definition) is 1. The molecule has 0 amide bonds. The van der Waals surface area contributed by atoms with Gasteiger partial charge in [0, 0.05) is 54.3 Å². The zero-order chi connectivity index (χ0) is 24.9. The van der Waals surface area contributed by atoms with Gasteiger partial charge in [0.2, 0.25) is 0 Å². The number of piperidine rings is 1. The Labute approximate surface area is 210 Å². The summed E-state index contributed by atoms with van der Waals surface area (Å²) in [7, 11) is 2.08. The van der Waals surface area contributed by atoms with Crippen molar-refractivity contribution in [3.63, 3.8) is 0 Å². The minimum Gasteiger partial charge on any atom is -0.508 e. The first kappa shape index (κ1) is 22.8. The maximum absolute atomic E-state index is 11.5. The summed E-state index contributed by atoms with van der Waals surface area (Å²) in [5, 5.41) is 22.9. The fourth-order valence-corrected chi connectivity index (χ4v) is 6.74. The second-order valence-electron chi connectivity index (χ2n) is 10.5. The Morgan fingerprint density at radius 2 is 1.92 bits per heavy atom. The predicted molar refractivity (Wildman–Crippen MR) is 141 cm³/mol. The number of aromatic hydroxyl groups is 1. The molecule has 2 heterocycles. The lowest BCUT2D eigenvalue weighted by atomic mass is 9.58. The maximum Gasteiger partial charge on any atom is 0.270 e. The first-order chi connectivity index (χ1) is 17.4. The van der Waals surface area contributed by atoms with Gasteiger partial charge in [-0.1, -0.05) is 42.5 Å². The van der Waals surface area contributed by atoms with Crippen molar-refractivity contribution in [3.05, 3.63) is 105 Å². The summed E-state index contributed by atoms with van der Waals surface area (Å²) in [6, 6.07) is 23.7.